The minimum absolute atomic E-state index is 0.252. The Balaban J connectivity index is 2.53. The summed E-state index contributed by atoms with van der Waals surface area (Å²) in [6.45, 7) is 2.33. The minimum Gasteiger partial charge on any atom is -0.390 e. The molecule has 0 amide bonds. The van der Waals surface area contributed by atoms with Crippen LogP contribution in [0, 0.1) is 5.92 Å². The zero-order valence-electron chi connectivity index (χ0n) is 7.26. The summed E-state index contributed by atoms with van der Waals surface area (Å²) in [4.78, 5) is 2.39. The molecule has 0 spiro atoms. The fraction of sp³-hybridized carbons (Fsp3) is 1.00. The maximum Gasteiger partial charge on any atom is 0.104 e. The smallest absolute Gasteiger partial charge is 0.104 e. The summed E-state index contributed by atoms with van der Waals surface area (Å²) in [5.74, 6) is 0.496. The summed E-state index contributed by atoms with van der Waals surface area (Å²) in [5.41, 5.74) is -1.02. The molecule has 0 aliphatic heterocycles. The van der Waals surface area contributed by atoms with Gasteiger partial charge < -0.3 is 10.2 Å². The van der Waals surface area contributed by atoms with Crippen LogP contribution < -0.4 is 4.84 Å². The Hall–Kier alpha value is 0.170. The number of hydrogen-bond acceptors (Lipinski definition) is 3. The molecule has 1 rings (SSSR count). The van der Waals surface area contributed by atoms with Crippen molar-refractivity contribution in [2.45, 2.75) is 37.9 Å². The lowest BCUT2D eigenvalue weighted by Gasteiger charge is -2.38. The molecule has 1 aliphatic rings. The molecule has 1 aliphatic carbocycles. The van der Waals surface area contributed by atoms with E-state index in [1.54, 1.807) is 0 Å². The Labute approximate surface area is 77.8 Å². The van der Waals surface area contributed by atoms with E-state index in [2.05, 4.69) is 11.8 Å². The Bertz CT molecular complexity index is 156. The van der Waals surface area contributed by atoms with Crippen LogP contribution in [0.4, 0.5) is 0 Å². The average Bonchev–Trinajstić information content (AvgIpc) is 1.99. The molecule has 0 heterocycles. The van der Waals surface area contributed by atoms with Gasteiger partial charge in [0.05, 0.1) is 6.10 Å². The summed E-state index contributed by atoms with van der Waals surface area (Å²) in [6.07, 6.45) is 1.59. The Morgan fingerprint density at radius 3 is 2.83 bits per heavy atom. The molecule has 3 atom stereocenters. The first kappa shape index (κ1) is 10.3. The number of aliphatic hydroxyl groups is 2. The molecule has 0 aromatic rings. The number of nitrogens with one attached hydrogen (secondary N) is 1. The highest BCUT2D eigenvalue weighted by Gasteiger charge is 2.39. The van der Waals surface area contributed by atoms with Gasteiger partial charge in [-0.05, 0) is 37.0 Å². The molecule has 0 aromatic carbocycles. The van der Waals surface area contributed by atoms with Gasteiger partial charge in [-0.25, -0.2) is 4.84 Å². The van der Waals surface area contributed by atoms with Crippen LogP contribution in [0.5, 0.6) is 0 Å². The van der Waals surface area contributed by atoms with E-state index in [1.165, 1.54) is 0 Å². The summed E-state index contributed by atoms with van der Waals surface area (Å²) in [6, 6.07) is 0. The van der Waals surface area contributed by atoms with E-state index >= 15 is 0 Å². The maximum absolute atomic E-state index is 9.86. The van der Waals surface area contributed by atoms with E-state index < -0.39 is 11.7 Å². The van der Waals surface area contributed by atoms with Crippen molar-refractivity contribution in [2.24, 2.45) is 5.92 Å². The van der Waals surface area contributed by atoms with Gasteiger partial charge in [-0.1, -0.05) is 6.92 Å². The summed E-state index contributed by atoms with van der Waals surface area (Å²) in [5, 5.41) is 19.4. The molecule has 72 valence electrons. The molecule has 3 N–H and O–H groups in total. The fourth-order valence-corrected chi connectivity index (χ4v) is 1.93. The molecular weight excluding hydrogens is 178 g/mol. The first-order valence-electron chi connectivity index (χ1n) is 4.32. The van der Waals surface area contributed by atoms with Crippen LogP contribution in [-0.4, -0.2) is 28.5 Å². The summed E-state index contributed by atoms with van der Waals surface area (Å²) < 4.78 is 0. The average molecular weight is 194 g/mol. The van der Waals surface area contributed by atoms with Crippen LogP contribution in [0.1, 0.15) is 26.2 Å². The highest BCUT2D eigenvalue weighted by molar-refractivity contribution is 6.13. The van der Waals surface area contributed by atoms with E-state index in [-0.39, 0.29) is 6.54 Å². The van der Waals surface area contributed by atoms with Gasteiger partial charge in [0, 0.05) is 6.54 Å². The molecule has 3 nitrogen and oxygen atoms in total. The monoisotopic (exact) mass is 193 g/mol. The van der Waals surface area contributed by atoms with Crippen LogP contribution in [0.3, 0.4) is 0 Å². The molecular formula is C8H16ClNO2. The van der Waals surface area contributed by atoms with Gasteiger partial charge in [-0.2, -0.15) is 0 Å². The van der Waals surface area contributed by atoms with Crippen LogP contribution in [0.2, 0.25) is 0 Å². The standard InChI is InChI=1S/C8H16ClNO2/c1-6-2-3-8(12,5-10-9)7(11)4-6/h6-7,10-12H,2-5H2,1H3/t6-,7-,8-/m0/s1. The van der Waals surface area contributed by atoms with Crippen molar-refractivity contribution < 1.29 is 10.2 Å². The highest BCUT2D eigenvalue weighted by atomic mass is 35.5. The first-order valence-corrected chi connectivity index (χ1v) is 4.70. The van der Waals surface area contributed by atoms with Gasteiger partial charge in [-0.15, -0.1) is 0 Å². The normalized spacial score (nSPS) is 43.0. The van der Waals surface area contributed by atoms with Crippen LogP contribution in [-0.2, 0) is 0 Å². The van der Waals surface area contributed by atoms with Crippen molar-refractivity contribution in [2.75, 3.05) is 6.54 Å². The zero-order valence-corrected chi connectivity index (χ0v) is 8.01. The van der Waals surface area contributed by atoms with E-state index in [4.69, 9.17) is 11.8 Å². The lowest BCUT2D eigenvalue weighted by Crippen LogP contribution is -2.51. The van der Waals surface area contributed by atoms with Gasteiger partial charge in [0.1, 0.15) is 5.60 Å². The summed E-state index contributed by atoms with van der Waals surface area (Å²) in [7, 11) is 0. The van der Waals surface area contributed by atoms with Crippen molar-refractivity contribution in [1.82, 2.24) is 4.84 Å². The first-order chi connectivity index (χ1) is 5.58. The largest absolute Gasteiger partial charge is 0.390 e. The van der Waals surface area contributed by atoms with Crippen molar-refractivity contribution in [1.29, 1.82) is 0 Å². The lowest BCUT2D eigenvalue weighted by atomic mass is 9.77. The molecule has 1 saturated carbocycles. The quantitative estimate of drug-likeness (QED) is 0.565. The van der Waals surface area contributed by atoms with Gasteiger partial charge in [0.25, 0.3) is 0 Å². The van der Waals surface area contributed by atoms with Crippen LogP contribution >= 0.6 is 11.8 Å². The molecule has 0 radical (unpaired) electrons. The van der Waals surface area contributed by atoms with Gasteiger partial charge in [-0.3, -0.25) is 0 Å². The molecule has 0 aromatic heterocycles. The van der Waals surface area contributed by atoms with E-state index in [0.29, 0.717) is 18.8 Å². The molecule has 0 bridgehead atoms. The van der Waals surface area contributed by atoms with Gasteiger partial charge in [0.15, 0.2) is 0 Å². The van der Waals surface area contributed by atoms with E-state index in [0.717, 1.165) is 6.42 Å². The second-order valence-electron chi connectivity index (χ2n) is 3.81. The number of halogens is 1. The molecule has 1 fully saturated rings. The maximum atomic E-state index is 9.86. The number of aliphatic hydroxyl groups excluding tert-OH is 1. The summed E-state index contributed by atoms with van der Waals surface area (Å²) >= 11 is 5.31. The Kier molecular flexibility index (Phi) is 3.35. The predicted molar refractivity (Wildman–Crippen MR) is 47.8 cm³/mol. The molecule has 12 heavy (non-hydrogen) atoms. The van der Waals surface area contributed by atoms with Gasteiger partial charge in [0.2, 0.25) is 0 Å². The second kappa shape index (κ2) is 3.92. The van der Waals surface area contributed by atoms with Crippen molar-refractivity contribution in [3.8, 4) is 0 Å². The second-order valence-corrected chi connectivity index (χ2v) is 4.08. The van der Waals surface area contributed by atoms with Crippen LogP contribution in [0.15, 0.2) is 0 Å². The number of rotatable bonds is 2. The number of hydrogen-bond donors (Lipinski definition) is 3. The third-order valence-electron chi connectivity index (χ3n) is 2.69. The molecule has 0 unspecified atom stereocenters. The van der Waals surface area contributed by atoms with Crippen molar-refractivity contribution in [3.63, 3.8) is 0 Å². The van der Waals surface area contributed by atoms with E-state index in [1.807, 2.05) is 0 Å². The zero-order chi connectivity index (χ0) is 9.19. The fourth-order valence-electron chi connectivity index (χ4n) is 1.70. The third-order valence-corrected chi connectivity index (χ3v) is 2.82. The van der Waals surface area contributed by atoms with Crippen molar-refractivity contribution in [3.05, 3.63) is 0 Å². The Morgan fingerprint density at radius 1 is 1.67 bits per heavy atom. The van der Waals surface area contributed by atoms with E-state index in [9.17, 15) is 10.2 Å². The predicted octanol–water partition coefficient (Wildman–Crippen LogP) is 0.642. The topological polar surface area (TPSA) is 52.5 Å². The highest BCUT2D eigenvalue weighted by Crippen LogP contribution is 2.31. The SMILES string of the molecule is C[C@H]1CC[C@](O)(CNCl)[C@@H](O)C1. The Morgan fingerprint density at radius 2 is 2.33 bits per heavy atom. The molecule has 4 heteroatoms. The minimum atomic E-state index is -1.02. The van der Waals surface area contributed by atoms with Crippen molar-refractivity contribution >= 4 is 11.8 Å². The van der Waals surface area contributed by atoms with Crippen LogP contribution in [0.25, 0.3) is 0 Å². The lowest BCUT2D eigenvalue weighted by molar-refractivity contribution is -0.105. The third kappa shape index (κ3) is 2.10. The molecule has 0 saturated heterocycles. The van der Waals surface area contributed by atoms with Gasteiger partial charge >= 0.3 is 0 Å².